The van der Waals surface area contributed by atoms with E-state index in [0.29, 0.717) is 29.7 Å². The van der Waals surface area contributed by atoms with E-state index in [2.05, 4.69) is 4.99 Å². The van der Waals surface area contributed by atoms with Gasteiger partial charge >= 0.3 is 5.91 Å². The van der Waals surface area contributed by atoms with Crippen LogP contribution in [0.5, 0.6) is 0 Å². The van der Waals surface area contributed by atoms with Gasteiger partial charge in [0, 0.05) is 11.6 Å². The third kappa shape index (κ3) is 5.35. The summed E-state index contributed by atoms with van der Waals surface area (Å²) in [5, 5.41) is 13.9. The second-order valence-corrected chi connectivity index (χ2v) is 12.1. The number of hydrogen-bond acceptors (Lipinski definition) is 6. The molecule has 1 aliphatic rings. The average molecular weight is 536 g/mol. The molecule has 1 saturated heterocycles. The molecule has 4 rings (SSSR count). The van der Waals surface area contributed by atoms with Crippen LogP contribution in [0.15, 0.2) is 52.5 Å². The van der Waals surface area contributed by atoms with Crippen LogP contribution >= 0.6 is 22.9 Å². The average Bonchev–Trinajstić information content (AvgIpc) is 3.25. The van der Waals surface area contributed by atoms with Gasteiger partial charge in [0.05, 0.1) is 36.4 Å². The fourth-order valence-electron chi connectivity index (χ4n) is 4.54. The van der Waals surface area contributed by atoms with E-state index in [-0.39, 0.29) is 32.3 Å². The Labute approximate surface area is 212 Å². The number of aromatic nitrogens is 1. The molecule has 2 aromatic carbocycles. The molecule has 35 heavy (non-hydrogen) atoms. The standard InChI is InChI=1S/C24H26ClN3O5S2/c1-2-27-16-22(34-23(27)26-24(30)31)28(11-4-3-5-12-28)21(29)10-13-35(32,33)20-9-7-17-14-19(25)8-6-18(17)15-20/h6-9,14-16H,2-5,10-13H2,1H3/b26-23-. The first kappa shape index (κ1) is 25.6. The molecule has 0 saturated carbocycles. The number of benzene rings is 2. The number of nitrogens with zero attached hydrogens (tertiary/aromatic N) is 3. The predicted octanol–water partition coefficient (Wildman–Crippen LogP) is 3.50. The van der Waals surface area contributed by atoms with Crippen molar-refractivity contribution in [3.05, 3.63) is 52.4 Å². The highest BCUT2D eigenvalue weighted by Crippen LogP contribution is 2.33. The minimum Gasteiger partial charge on any atom is -0.528 e. The summed E-state index contributed by atoms with van der Waals surface area (Å²) in [4.78, 5) is 28.6. The van der Waals surface area contributed by atoms with Crippen LogP contribution in [0.4, 0.5) is 9.80 Å². The van der Waals surface area contributed by atoms with Crippen LogP contribution in [0.2, 0.25) is 5.02 Å². The molecule has 0 atom stereocenters. The van der Waals surface area contributed by atoms with Crippen molar-refractivity contribution in [1.82, 2.24) is 9.05 Å². The molecule has 0 aliphatic carbocycles. The number of aryl methyl sites for hydroxylation is 1. The number of hydrogen-bond donors (Lipinski definition) is 0. The molecular formula is C24H26ClN3O5S2. The molecule has 0 unspecified atom stereocenters. The topological polar surface area (TPSA) is 109 Å². The van der Waals surface area contributed by atoms with Gasteiger partial charge in [-0.25, -0.2) is 22.7 Å². The van der Waals surface area contributed by atoms with Gasteiger partial charge in [0.2, 0.25) is 5.00 Å². The van der Waals surface area contributed by atoms with Crippen LogP contribution in [0.25, 0.3) is 10.8 Å². The van der Waals surface area contributed by atoms with E-state index in [9.17, 15) is 23.1 Å². The van der Waals surface area contributed by atoms with E-state index in [1.807, 2.05) is 6.92 Å². The van der Waals surface area contributed by atoms with Crippen molar-refractivity contribution < 1.29 is 23.1 Å². The quantitative estimate of drug-likeness (QED) is 0.449. The molecule has 2 amide bonds. The summed E-state index contributed by atoms with van der Waals surface area (Å²) in [6.45, 7) is 3.44. The number of amides is 2. The second-order valence-electron chi connectivity index (χ2n) is 8.61. The normalized spacial score (nSPS) is 16.5. The van der Waals surface area contributed by atoms with Crippen molar-refractivity contribution in [2.45, 2.75) is 44.0 Å². The van der Waals surface area contributed by atoms with Crippen molar-refractivity contribution in [2.75, 3.05) is 18.8 Å². The van der Waals surface area contributed by atoms with Crippen LogP contribution in [0.1, 0.15) is 32.6 Å². The molecule has 1 fully saturated rings. The summed E-state index contributed by atoms with van der Waals surface area (Å²) >= 11 is 7.16. The van der Waals surface area contributed by atoms with E-state index in [4.69, 9.17) is 11.6 Å². The molecule has 0 radical (unpaired) electrons. The van der Waals surface area contributed by atoms with Crippen molar-refractivity contribution >= 4 is 60.5 Å². The molecule has 0 N–H and O–H groups in total. The smallest absolute Gasteiger partial charge is 0.320 e. The van der Waals surface area contributed by atoms with E-state index in [1.165, 1.54) is 0 Å². The predicted molar refractivity (Wildman–Crippen MR) is 135 cm³/mol. The number of carboxylic acid groups (broad SMARTS) is 1. The van der Waals surface area contributed by atoms with Crippen LogP contribution in [-0.2, 0) is 21.2 Å². The van der Waals surface area contributed by atoms with E-state index >= 15 is 0 Å². The molecule has 0 spiro atoms. The first-order chi connectivity index (χ1) is 16.6. The lowest BCUT2D eigenvalue weighted by atomic mass is 10.1. The fourth-order valence-corrected chi connectivity index (χ4v) is 7.23. The zero-order chi connectivity index (χ0) is 25.2. The van der Waals surface area contributed by atoms with Crippen molar-refractivity contribution in [1.29, 1.82) is 0 Å². The molecule has 186 valence electrons. The number of rotatable bonds is 6. The van der Waals surface area contributed by atoms with Gasteiger partial charge in [-0.05, 0) is 72.6 Å². The van der Waals surface area contributed by atoms with Gasteiger partial charge in [0.25, 0.3) is 0 Å². The third-order valence-electron chi connectivity index (χ3n) is 6.43. The van der Waals surface area contributed by atoms with Gasteiger partial charge in [0.1, 0.15) is 0 Å². The summed E-state index contributed by atoms with van der Waals surface area (Å²) in [6.07, 6.45) is 2.71. The lowest BCUT2D eigenvalue weighted by molar-refractivity contribution is -0.245. The van der Waals surface area contributed by atoms with Gasteiger partial charge in [-0.1, -0.05) is 23.7 Å². The Morgan fingerprint density at radius 3 is 2.49 bits per heavy atom. The number of piperidine rings is 1. The third-order valence-corrected chi connectivity index (χ3v) is 9.55. The summed E-state index contributed by atoms with van der Waals surface area (Å²) in [5.74, 6) is -0.495. The molecule has 3 aromatic rings. The molecule has 1 aromatic heterocycles. The molecule has 1 aliphatic heterocycles. The number of quaternary nitrogens is 1. The highest BCUT2D eigenvalue weighted by molar-refractivity contribution is 7.91. The van der Waals surface area contributed by atoms with Gasteiger partial charge in [-0.2, -0.15) is 0 Å². The zero-order valence-corrected chi connectivity index (χ0v) is 21.7. The van der Waals surface area contributed by atoms with Crippen molar-refractivity contribution in [2.24, 2.45) is 4.99 Å². The van der Waals surface area contributed by atoms with Crippen LogP contribution in [0, 0.1) is 0 Å². The first-order valence-electron chi connectivity index (χ1n) is 11.4. The van der Waals surface area contributed by atoms with Gasteiger partial charge < -0.3 is 14.5 Å². The van der Waals surface area contributed by atoms with Crippen LogP contribution in [-0.4, -0.2) is 43.8 Å². The molecule has 8 nitrogen and oxygen atoms in total. The van der Waals surface area contributed by atoms with Gasteiger partial charge in [0.15, 0.2) is 20.7 Å². The van der Waals surface area contributed by atoms with E-state index in [1.54, 1.807) is 47.2 Å². The maximum absolute atomic E-state index is 13.6. The Morgan fingerprint density at radius 2 is 1.80 bits per heavy atom. The van der Waals surface area contributed by atoms with Gasteiger partial charge in [-0.15, -0.1) is 0 Å². The van der Waals surface area contributed by atoms with E-state index < -0.39 is 15.9 Å². The summed E-state index contributed by atoms with van der Waals surface area (Å²) in [7, 11) is -3.70. The lowest BCUT2D eigenvalue weighted by Crippen LogP contribution is -2.57. The monoisotopic (exact) mass is 535 g/mol. The Bertz CT molecular complexity index is 1450. The minimum absolute atomic E-state index is 0.0129. The Balaban J connectivity index is 1.62. The molecule has 0 bridgehead atoms. The maximum atomic E-state index is 13.6. The Kier molecular flexibility index (Phi) is 7.46. The lowest BCUT2D eigenvalue weighted by Gasteiger charge is -2.36. The summed E-state index contributed by atoms with van der Waals surface area (Å²) in [5.41, 5.74) is 0. The van der Waals surface area contributed by atoms with E-state index in [0.717, 1.165) is 41.4 Å². The van der Waals surface area contributed by atoms with Gasteiger partial charge in [-0.3, -0.25) is 0 Å². The van der Waals surface area contributed by atoms with Crippen molar-refractivity contribution in [3.63, 3.8) is 0 Å². The van der Waals surface area contributed by atoms with Crippen LogP contribution in [0.3, 0.4) is 0 Å². The number of carbonyl (C=O) groups excluding carboxylic acids is 2. The maximum Gasteiger partial charge on any atom is 0.320 e. The number of thiazole rings is 1. The zero-order valence-electron chi connectivity index (χ0n) is 19.3. The number of fused-ring (bicyclic) bond motifs is 1. The SMILES string of the molecule is CCn1cc([N+]2(C(=O)CCS(=O)(=O)c3ccc4cc(Cl)ccc4c3)CCCCC2)s/c1=N\C(=O)[O-]. The summed E-state index contributed by atoms with van der Waals surface area (Å²) in [6, 6.07) is 10.1. The highest BCUT2D eigenvalue weighted by Gasteiger charge is 2.42. The number of halogens is 1. The fraction of sp³-hybridized carbons (Fsp3) is 0.375. The highest BCUT2D eigenvalue weighted by atomic mass is 35.5. The largest absolute Gasteiger partial charge is 0.528 e. The molecular weight excluding hydrogens is 510 g/mol. The minimum atomic E-state index is -3.70. The molecule has 11 heteroatoms. The second kappa shape index (κ2) is 10.2. The Hall–Kier alpha value is -2.53. The van der Waals surface area contributed by atoms with Crippen molar-refractivity contribution in [3.8, 4) is 0 Å². The molecule has 2 heterocycles. The number of likely N-dealkylation sites (tertiary alicyclic amines) is 1. The Morgan fingerprint density at radius 1 is 1.11 bits per heavy atom. The number of carbonyl (C=O) groups is 2. The first-order valence-corrected chi connectivity index (χ1v) is 14.3. The summed E-state index contributed by atoms with van der Waals surface area (Å²) < 4.78 is 27.9. The number of sulfone groups is 1. The van der Waals surface area contributed by atoms with Crippen LogP contribution < -0.4 is 14.4 Å².